The highest BCUT2D eigenvalue weighted by Gasteiger charge is 2.26. The number of benzene rings is 1. The Morgan fingerprint density at radius 1 is 1.12 bits per heavy atom. The van der Waals surface area contributed by atoms with Crippen molar-refractivity contribution in [2.24, 2.45) is 5.92 Å². The van der Waals surface area contributed by atoms with Crippen LogP contribution in [0.1, 0.15) is 32.3 Å². The Morgan fingerprint density at radius 2 is 1.81 bits per heavy atom. The number of hydrogen-bond donors (Lipinski definition) is 0. The molecule has 5 nitrogen and oxygen atoms in total. The molecule has 2 atom stereocenters. The lowest BCUT2D eigenvalue weighted by Crippen LogP contribution is -2.48. The lowest BCUT2D eigenvalue weighted by molar-refractivity contribution is -0.0732. The van der Waals surface area contributed by atoms with Crippen LogP contribution in [0.4, 0.5) is 0 Å². The van der Waals surface area contributed by atoms with E-state index >= 15 is 0 Å². The third-order valence-corrected chi connectivity index (χ3v) is 5.39. The van der Waals surface area contributed by atoms with Gasteiger partial charge in [-0.2, -0.15) is 5.26 Å². The largest absolute Gasteiger partial charge is 0.491 e. The standard InChI is InChI=1S/C21H31N3O2/c1-17-14-24(15-18(2)26-17)16-19-7-9-23(10-8-19)11-12-25-21-6-4-3-5-20(21)13-22/h3-6,17-19H,7-12,14-16H2,1-2H3/t17-,18-/m0/s1. The van der Waals surface area contributed by atoms with E-state index in [1.54, 1.807) is 6.07 Å². The maximum Gasteiger partial charge on any atom is 0.137 e. The number of para-hydroxylation sites is 1. The highest BCUT2D eigenvalue weighted by Crippen LogP contribution is 2.21. The summed E-state index contributed by atoms with van der Waals surface area (Å²) in [6.07, 6.45) is 3.23. The van der Waals surface area contributed by atoms with Crippen molar-refractivity contribution in [3.05, 3.63) is 29.8 Å². The fraction of sp³-hybridized carbons (Fsp3) is 0.667. The van der Waals surface area contributed by atoms with Crippen LogP contribution in [0.25, 0.3) is 0 Å². The third-order valence-electron chi connectivity index (χ3n) is 5.39. The summed E-state index contributed by atoms with van der Waals surface area (Å²) in [5.41, 5.74) is 0.611. The van der Waals surface area contributed by atoms with E-state index in [4.69, 9.17) is 14.7 Å². The summed E-state index contributed by atoms with van der Waals surface area (Å²) in [6, 6.07) is 9.63. The van der Waals surface area contributed by atoms with E-state index in [9.17, 15) is 0 Å². The molecule has 0 radical (unpaired) electrons. The number of piperidine rings is 1. The number of morpholine rings is 1. The Morgan fingerprint density at radius 3 is 2.50 bits per heavy atom. The normalized spacial score (nSPS) is 25.7. The van der Waals surface area contributed by atoms with Crippen LogP contribution in [0, 0.1) is 17.2 Å². The average Bonchev–Trinajstić information content (AvgIpc) is 2.63. The van der Waals surface area contributed by atoms with E-state index in [0.717, 1.165) is 38.6 Å². The van der Waals surface area contributed by atoms with Crippen LogP contribution in [0.3, 0.4) is 0 Å². The van der Waals surface area contributed by atoms with Gasteiger partial charge in [-0.1, -0.05) is 12.1 Å². The van der Waals surface area contributed by atoms with Crippen molar-refractivity contribution in [2.45, 2.75) is 38.9 Å². The smallest absolute Gasteiger partial charge is 0.137 e. The maximum atomic E-state index is 9.11. The molecule has 26 heavy (non-hydrogen) atoms. The SMILES string of the molecule is C[C@H]1CN(CC2CCN(CCOc3ccccc3C#N)CC2)C[C@H](C)O1. The first-order valence-electron chi connectivity index (χ1n) is 9.86. The fourth-order valence-electron chi connectivity index (χ4n) is 4.16. The minimum atomic E-state index is 0.354. The van der Waals surface area contributed by atoms with Crippen molar-refractivity contribution >= 4 is 0 Å². The molecule has 2 saturated heterocycles. The van der Waals surface area contributed by atoms with Crippen LogP contribution in [0.15, 0.2) is 24.3 Å². The topological polar surface area (TPSA) is 48.7 Å². The Bertz CT molecular complexity index is 598. The molecule has 2 heterocycles. The molecule has 0 N–H and O–H groups in total. The van der Waals surface area contributed by atoms with Crippen LogP contribution in [-0.4, -0.2) is 67.9 Å². The van der Waals surface area contributed by atoms with E-state index in [1.807, 2.05) is 18.2 Å². The Balaban J connectivity index is 1.36. The van der Waals surface area contributed by atoms with Crippen molar-refractivity contribution in [2.75, 3.05) is 45.9 Å². The third kappa shape index (κ3) is 5.44. The average molecular weight is 357 g/mol. The van der Waals surface area contributed by atoms with Gasteiger partial charge in [-0.25, -0.2) is 0 Å². The molecule has 0 aliphatic carbocycles. The molecule has 0 spiro atoms. The highest BCUT2D eigenvalue weighted by molar-refractivity contribution is 5.42. The van der Waals surface area contributed by atoms with Crippen LogP contribution in [0.5, 0.6) is 5.75 Å². The number of nitrogens with zero attached hydrogens (tertiary/aromatic N) is 3. The van der Waals surface area contributed by atoms with Crippen LogP contribution in [0.2, 0.25) is 0 Å². The lowest BCUT2D eigenvalue weighted by Gasteiger charge is -2.39. The Kier molecular flexibility index (Phi) is 6.90. The minimum absolute atomic E-state index is 0.354. The second-order valence-electron chi connectivity index (χ2n) is 7.72. The van der Waals surface area contributed by atoms with E-state index in [2.05, 4.69) is 29.7 Å². The monoisotopic (exact) mass is 357 g/mol. The van der Waals surface area contributed by atoms with Gasteiger partial charge in [0.1, 0.15) is 18.4 Å². The first-order valence-corrected chi connectivity index (χ1v) is 9.86. The van der Waals surface area contributed by atoms with Gasteiger partial charge in [-0.05, 0) is 57.8 Å². The molecule has 5 heteroatoms. The van der Waals surface area contributed by atoms with E-state index in [0.29, 0.717) is 30.1 Å². The van der Waals surface area contributed by atoms with Crippen LogP contribution >= 0.6 is 0 Å². The molecular weight excluding hydrogens is 326 g/mol. The summed E-state index contributed by atoms with van der Waals surface area (Å²) in [4.78, 5) is 5.07. The van der Waals surface area contributed by atoms with Gasteiger partial charge in [-0.15, -0.1) is 0 Å². The zero-order chi connectivity index (χ0) is 18.4. The number of likely N-dealkylation sites (tertiary alicyclic amines) is 1. The molecule has 0 amide bonds. The molecule has 2 fully saturated rings. The van der Waals surface area contributed by atoms with Gasteiger partial charge in [0.25, 0.3) is 0 Å². The Labute approximate surface area is 157 Å². The summed E-state index contributed by atoms with van der Waals surface area (Å²) in [5.74, 6) is 1.49. The predicted molar refractivity (Wildman–Crippen MR) is 102 cm³/mol. The number of hydrogen-bond acceptors (Lipinski definition) is 5. The second kappa shape index (κ2) is 9.36. The van der Waals surface area contributed by atoms with Crippen molar-refractivity contribution in [3.63, 3.8) is 0 Å². The van der Waals surface area contributed by atoms with Gasteiger partial charge in [0, 0.05) is 26.2 Å². The highest BCUT2D eigenvalue weighted by atomic mass is 16.5. The summed E-state index contributed by atoms with van der Waals surface area (Å²) < 4.78 is 11.7. The van der Waals surface area contributed by atoms with Gasteiger partial charge >= 0.3 is 0 Å². The molecule has 1 aromatic carbocycles. The molecule has 1 aromatic rings. The van der Waals surface area contributed by atoms with Crippen molar-refractivity contribution in [1.29, 1.82) is 5.26 Å². The van der Waals surface area contributed by atoms with Gasteiger partial charge in [0.05, 0.1) is 17.8 Å². The zero-order valence-electron chi connectivity index (χ0n) is 16.1. The molecule has 0 unspecified atom stereocenters. The first kappa shape index (κ1) is 19.2. The zero-order valence-corrected chi connectivity index (χ0v) is 16.1. The first-order chi connectivity index (χ1) is 12.6. The summed E-state index contributed by atoms with van der Waals surface area (Å²) in [7, 11) is 0. The molecule has 0 saturated carbocycles. The van der Waals surface area contributed by atoms with E-state index in [1.165, 1.54) is 19.4 Å². The molecule has 0 aromatic heterocycles. The molecule has 0 bridgehead atoms. The van der Waals surface area contributed by atoms with Gasteiger partial charge in [0.15, 0.2) is 0 Å². The second-order valence-corrected chi connectivity index (χ2v) is 7.72. The maximum absolute atomic E-state index is 9.11. The van der Waals surface area contributed by atoms with Crippen molar-refractivity contribution in [1.82, 2.24) is 9.80 Å². The quantitative estimate of drug-likeness (QED) is 0.783. The van der Waals surface area contributed by atoms with E-state index in [-0.39, 0.29) is 0 Å². The molecule has 142 valence electrons. The summed E-state index contributed by atoms with van der Waals surface area (Å²) in [5, 5.41) is 9.11. The number of ether oxygens (including phenoxy) is 2. The van der Waals surface area contributed by atoms with Crippen molar-refractivity contribution < 1.29 is 9.47 Å². The molecule has 2 aliphatic heterocycles. The molecule has 2 aliphatic rings. The molecule has 3 rings (SSSR count). The molecular formula is C21H31N3O2. The summed E-state index contributed by atoms with van der Waals surface area (Å²) in [6.45, 7) is 11.5. The number of rotatable bonds is 6. The predicted octanol–water partition coefficient (Wildman–Crippen LogP) is 2.76. The fourth-order valence-corrected chi connectivity index (χ4v) is 4.16. The lowest BCUT2D eigenvalue weighted by atomic mass is 9.95. The van der Waals surface area contributed by atoms with Crippen LogP contribution < -0.4 is 4.74 Å². The van der Waals surface area contributed by atoms with Gasteiger partial charge in [0.2, 0.25) is 0 Å². The van der Waals surface area contributed by atoms with Gasteiger partial charge in [-0.3, -0.25) is 9.80 Å². The number of nitriles is 1. The van der Waals surface area contributed by atoms with E-state index < -0.39 is 0 Å². The Hall–Kier alpha value is -1.61. The van der Waals surface area contributed by atoms with Crippen LogP contribution in [-0.2, 0) is 4.74 Å². The summed E-state index contributed by atoms with van der Waals surface area (Å²) >= 11 is 0. The minimum Gasteiger partial charge on any atom is -0.491 e. The van der Waals surface area contributed by atoms with Gasteiger partial charge < -0.3 is 9.47 Å². The van der Waals surface area contributed by atoms with Crippen molar-refractivity contribution in [3.8, 4) is 11.8 Å².